The first-order valence-corrected chi connectivity index (χ1v) is 4.37. The number of aryl methyl sites for hydroxylation is 1. The van der Waals surface area contributed by atoms with E-state index in [2.05, 4.69) is 10.1 Å². The number of rotatable bonds is 3. The minimum Gasteiger partial charge on any atom is -0.337 e. The van der Waals surface area contributed by atoms with Crippen LogP contribution in [0.2, 0.25) is 0 Å². The van der Waals surface area contributed by atoms with Crippen LogP contribution in [0.1, 0.15) is 32.0 Å². The predicted octanol–water partition coefficient (Wildman–Crippen LogP) is 1.76. The van der Waals surface area contributed by atoms with Gasteiger partial charge in [-0.15, -0.1) is 0 Å². The van der Waals surface area contributed by atoms with E-state index in [4.69, 9.17) is 10.3 Å². The summed E-state index contributed by atoms with van der Waals surface area (Å²) in [4.78, 5) is 3.78. The first-order valence-electron chi connectivity index (χ1n) is 4.37. The Labute approximate surface area is 84.6 Å². The molecule has 0 unspecified atom stereocenters. The van der Waals surface area contributed by atoms with Crippen molar-refractivity contribution >= 4 is 0 Å². The van der Waals surface area contributed by atoms with Gasteiger partial charge in [0.25, 0.3) is 0 Å². The average molecular weight is 223 g/mol. The second-order valence-corrected chi connectivity index (χ2v) is 3.85. The van der Waals surface area contributed by atoms with Gasteiger partial charge in [0.1, 0.15) is 0 Å². The van der Waals surface area contributed by atoms with Gasteiger partial charge in [0, 0.05) is 6.42 Å². The van der Waals surface area contributed by atoms with Crippen molar-refractivity contribution in [2.75, 3.05) is 0 Å². The minimum absolute atomic E-state index is 0.0286. The molecule has 7 heteroatoms. The Morgan fingerprint density at radius 1 is 1.33 bits per heavy atom. The van der Waals surface area contributed by atoms with E-state index in [1.54, 1.807) is 13.8 Å². The van der Waals surface area contributed by atoms with E-state index in [-0.39, 0.29) is 18.1 Å². The van der Waals surface area contributed by atoms with Crippen LogP contribution in [0.3, 0.4) is 0 Å². The lowest BCUT2D eigenvalue weighted by molar-refractivity contribution is -0.134. The molecule has 4 nitrogen and oxygen atoms in total. The van der Waals surface area contributed by atoms with E-state index in [1.807, 2.05) is 0 Å². The van der Waals surface area contributed by atoms with Crippen molar-refractivity contribution in [1.29, 1.82) is 0 Å². The Balaban J connectivity index is 2.62. The molecule has 0 amide bonds. The van der Waals surface area contributed by atoms with Gasteiger partial charge in [-0.1, -0.05) is 5.16 Å². The molecule has 2 N–H and O–H groups in total. The Morgan fingerprint density at radius 2 is 1.93 bits per heavy atom. The van der Waals surface area contributed by atoms with Crippen LogP contribution in [0.5, 0.6) is 0 Å². The molecule has 15 heavy (non-hydrogen) atoms. The van der Waals surface area contributed by atoms with E-state index in [0.29, 0.717) is 0 Å². The number of aromatic nitrogens is 2. The molecular weight excluding hydrogens is 211 g/mol. The van der Waals surface area contributed by atoms with Gasteiger partial charge in [0.2, 0.25) is 5.89 Å². The number of hydrogen-bond donors (Lipinski definition) is 1. The Bertz CT molecular complexity index is 327. The minimum atomic E-state index is -4.21. The SMILES string of the molecule is CC(C)(N)c1nc(CCC(F)(F)F)no1. The van der Waals surface area contributed by atoms with Crippen LogP contribution in [0.25, 0.3) is 0 Å². The number of nitrogens with zero attached hydrogens (tertiary/aromatic N) is 2. The van der Waals surface area contributed by atoms with Gasteiger partial charge in [-0.3, -0.25) is 0 Å². The van der Waals surface area contributed by atoms with E-state index in [1.165, 1.54) is 0 Å². The van der Waals surface area contributed by atoms with Crippen molar-refractivity contribution in [3.8, 4) is 0 Å². The third kappa shape index (κ3) is 3.86. The Morgan fingerprint density at radius 3 is 2.33 bits per heavy atom. The van der Waals surface area contributed by atoms with Crippen molar-refractivity contribution in [2.24, 2.45) is 5.73 Å². The average Bonchev–Trinajstić information content (AvgIpc) is 2.45. The largest absolute Gasteiger partial charge is 0.389 e. The summed E-state index contributed by atoms with van der Waals surface area (Å²) >= 11 is 0. The van der Waals surface area contributed by atoms with Gasteiger partial charge in [-0.05, 0) is 13.8 Å². The van der Waals surface area contributed by atoms with Crippen LogP contribution in [0.4, 0.5) is 13.2 Å². The molecule has 1 aromatic rings. The van der Waals surface area contributed by atoms with Crippen LogP contribution >= 0.6 is 0 Å². The molecule has 1 rings (SSSR count). The first-order chi connectivity index (χ1) is 6.68. The molecule has 0 aliphatic heterocycles. The summed E-state index contributed by atoms with van der Waals surface area (Å²) in [6, 6.07) is 0. The van der Waals surface area contributed by atoms with Crippen LogP contribution in [-0.4, -0.2) is 16.3 Å². The van der Waals surface area contributed by atoms with Crippen molar-refractivity contribution in [2.45, 2.75) is 38.4 Å². The van der Waals surface area contributed by atoms with Gasteiger partial charge in [-0.2, -0.15) is 18.2 Å². The van der Waals surface area contributed by atoms with Gasteiger partial charge in [0.15, 0.2) is 5.82 Å². The smallest absolute Gasteiger partial charge is 0.337 e. The topological polar surface area (TPSA) is 64.9 Å². The van der Waals surface area contributed by atoms with Gasteiger partial charge in [0.05, 0.1) is 12.0 Å². The van der Waals surface area contributed by atoms with Crippen molar-refractivity contribution < 1.29 is 17.7 Å². The molecule has 0 aromatic carbocycles. The highest BCUT2D eigenvalue weighted by molar-refractivity contribution is 4.97. The van der Waals surface area contributed by atoms with Crippen LogP contribution in [0, 0.1) is 0 Å². The van der Waals surface area contributed by atoms with E-state index >= 15 is 0 Å². The van der Waals surface area contributed by atoms with Crippen molar-refractivity contribution in [1.82, 2.24) is 10.1 Å². The summed E-state index contributed by atoms with van der Waals surface area (Å²) < 4.78 is 40.4. The zero-order chi connectivity index (χ0) is 11.7. The number of halogens is 3. The third-order valence-electron chi connectivity index (χ3n) is 1.65. The fourth-order valence-corrected chi connectivity index (χ4v) is 0.871. The second-order valence-electron chi connectivity index (χ2n) is 3.85. The first kappa shape index (κ1) is 12.0. The maximum absolute atomic E-state index is 11.9. The van der Waals surface area contributed by atoms with Crippen LogP contribution in [0.15, 0.2) is 4.52 Å². The standard InChI is InChI=1S/C8H12F3N3O/c1-7(2,12)6-13-5(14-15-6)3-4-8(9,10)11/h3-4,12H2,1-2H3. The number of nitrogens with two attached hydrogens (primary N) is 1. The molecule has 86 valence electrons. The molecule has 0 aliphatic rings. The summed E-state index contributed by atoms with van der Waals surface area (Å²) in [5.74, 6) is 0.167. The maximum atomic E-state index is 11.9. The molecule has 0 aliphatic carbocycles. The van der Waals surface area contributed by atoms with Crippen molar-refractivity contribution in [3.63, 3.8) is 0 Å². The molecular formula is C8H12F3N3O. The van der Waals surface area contributed by atoms with Gasteiger partial charge < -0.3 is 10.3 Å². The highest BCUT2D eigenvalue weighted by Crippen LogP contribution is 2.22. The van der Waals surface area contributed by atoms with Gasteiger partial charge >= 0.3 is 6.18 Å². The quantitative estimate of drug-likeness (QED) is 0.847. The Kier molecular flexibility index (Phi) is 3.03. The lowest BCUT2D eigenvalue weighted by Crippen LogP contribution is -2.29. The van der Waals surface area contributed by atoms with E-state index < -0.39 is 18.1 Å². The maximum Gasteiger partial charge on any atom is 0.389 e. The van der Waals surface area contributed by atoms with Crippen LogP contribution in [-0.2, 0) is 12.0 Å². The summed E-state index contributed by atoms with van der Waals surface area (Å²) in [6.45, 7) is 3.27. The summed E-state index contributed by atoms with van der Waals surface area (Å²) in [7, 11) is 0. The fraction of sp³-hybridized carbons (Fsp3) is 0.750. The summed E-state index contributed by atoms with van der Waals surface area (Å²) in [5, 5.41) is 3.42. The van der Waals surface area contributed by atoms with E-state index in [9.17, 15) is 13.2 Å². The molecule has 0 saturated carbocycles. The van der Waals surface area contributed by atoms with Gasteiger partial charge in [-0.25, -0.2) is 0 Å². The molecule has 0 atom stereocenters. The van der Waals surface area contributed by atoms with Crippen molar-refractivity contribution in [3.05, 3.63) is 11.7 Å². The lowest BCUT2D eigenvalue weighted by atomic mass is 10.1. The molecule has 0 spiro atoms. The summed E-state index contributed by atoms with van der Waals surface area (Å²) in [5.41, 5.74) is 4.80. The molecule has 0 fully saturated rings. The Hall–Kier alpha value is -1.11. The number of hydrogen-bond acceptors (Lipinski definition) is 4. The lowest BCUT2D eigenvalue weighted by Gasteiger charge is -2.10. The molecule has 1 aromatic heterocycles. The number of alkyl halides is 3. The third-order valence-corrected chi connectivity index (χ3v) is 1.65. The highest BCUT2D eigenvalue weighted by atomic mass is 19.4. The molecule has 0 bridgehead atoms. The predicted molar refractivity (Wildman–Crippen MR) is 45.9 cm³/mol. The molecule has 1 heterocycles. The normalized spacial score (nSPS) is 13.2. The zero-order valence-electron chi connectivity index (χ0n) is 8.43. The molecule has 0 radical (unpaired) electrons. The molecule has 0 saturated heterocycles. The summed E-state index contributed by atoms with van der Waals surface area (Å²) in [6.07, 6.45) is -5.46. The zero-order valence-corrected chi connectivity index (χ0v) is 8.43. The highest BCUT2D eigenvalue weighted by Gasteiger charge is 2.28. The monoisotopic (exact) mass is 223 g/mol. The van der Waals surface area contributed by atoms with Crippen LogP contribution < -0.4 is 5.73 Å². The second kappa shape index (κ2) is 3.80. The van der Waals surface area contributed by atoms with E-state index in [0.717, 1.165) is 0 Å². The fourth-order valence-electron chi connectivity index (χ4n) is 0.871.